The van der Waals surface area contributed by atoms with E-state index in [0.29, 0.717) is 23.6 Å². The topological polar surface area (TPSA) is 73.6 Å². The highest BCUT2D eigenvalue weighted by molar-refractivity contribution is 5.94. The Kier molecular flexibility index (Phi) is 5.65. The Morgan fingerprint density at radius 3 is 2.45 bits per heavy atom. The zero-order chi connectivity index (χ0) is 13.9. The average molecular weight is 301 g/mol. The Bertz CT molecular complexity index is 475. The van der Waals surface area contributed by atoms with Crippen molar-refractivity contribution in [2.24, 2.45) is 5.73 Å². The molecule has 6 heteroatoms. The van der Waals surface area contributed by atoms with Crippen LogP contribution in [0.4, 0.5) is 0 Å². The van der Waals surface area contributed by atoms with Crippen molar-refractivity contribution >= 4 is 18.3 Å². The third kappa shape index (κ3) is 3.55. The van der Waals surface area contributed by atoms with E-state index in [1.807, 2.05) is 0 Å². The monoisotopic (exact) mass is 300 g/mol. The van der Waals surface area contributed by atoms with Crippen molar-refractivity contribution in [1.82, 2.24) is 5.32 Å². The van der Waals surface area contributed by atoms with Gasteiger partial charge < -0.3 is 20.5 Å². The number of benzene rings is 1. The maximum absolute atomic E-state index is 12.0. The average Bonchev–Trinajstić information content (AvgIpc) is 2.41. The molecule has 1 aromatic carbocycles. The number of halogens is 1. The summed E-state index contributed by atoms with van der Waals surface area (Å²) >= 11 is 0. The third-order valence-electron chi connectivity index (χ3n) is 3.60. The summed E-state index contributed by atoms with van der Waals surface area (Å²) in [6.07, 6.45) is 3.08. The molecule has 1 aliphatic carbocycles. The molecule has 0 bridgehead atoms. The molecule has 0 saturated heterocycles. The lowest BCUT2D eigenvalue weighted by molar-refractivity contribution is 0.0929. The minimum absolute atomic E-state index is 0. The molecule has 0 heterocycles. The lowest BCUT2D eigenvalue weighted by atomic mass is 9.78. The second kappa shape index (κ2) is 6.81. The molecular weight excluding hydrogens is 280 g/mol. The molecule has 1 aromatic rings. The molecule has 2 rings (SSSR count). The van der Waals surface area contributed by atoms with Gasteiger partial charge in [-0.2, -0.15) is 0 Å². The molecule has 5 nitrogen and oxygen atoms in total. The second-order valence-corrected chi connectivity index (χ2v) is 4.97. The molecule has 0 unspecified atom stereocenters. The third-order valence-corrected chi connectivity index (χ3v) is 3.60. The number of methoxy groups -OCH3 is 2. The summed E-state index contributed by atoms with van der Waals surface area (Å²) in [6, 6.07) is 5.09. The number of amides is 1. The first kappa shape index (κ1) is 16.6. The van der Waals surface area contributed by atoms with E-state index in [0.717, 1.165) is 19.3 Å². The van der Waals surface area contributed by atoms with E-state index in [9.17, 15) is 4.79 Å². The maximum Gasteiger partial charge on any atom is 0.251 e. The van der Waals surface area contributed by atoms with Gasteiger partial charge in [0.1, 0.15) is 0 Å². The molecule has 0 spiro atoms. The van der Waals surface area contributed by atoms with Crippen LogP contribution in [0.25, 0.3) is 0 Å². The van der Waals surface area contributed by atoms with Crippen LogP contribution in [0.5, 0.6) is 11.5 Å². The minimum Gasteiger partial charge on any atom is -0.493 e. The predicted molar refractivity (Wildman–Crippen MR) is 79.9 cm³/mol. The van der Waals surface area contributed by atoms with Crippen LogP contribution in [0.2, 0.25) is 0 Å². The summed E-state index contributed by atoms with van der Waals surface area (Å²) in [5, 5.41) is 2.87. The maximum atomic E-state index is 12.0. The van der Waals surface area contributed by atoms with Crippen LogP contribution in [-0.2, 0) is 0 Å². The van der Waals surface area contributed by atoms with E-state index in [-0.39, 0.29) is 23.9 Å². The molecule has 1 aliphatic rings. The van der Waals surface area contributed by atoms with Crippen molar-refractivity contribution in [3.63, 3.8) is 0 Å². The normalized spacial score (nSPS) is 15.6. The van der Waals surface area contributed by atoms with E-state index in [1.165, 1.54) is 0 Å². The number of rotatable bonds is 5. The van der Waals surface area contributed by atoms with Crippen LogP contribution in [0.15, 0.2) is 18.2 Å². The number of ether oxygens (including phenoxy) is 2. The van der Waals surface area contributed by atoms with Crippen molar-refractivity contribution in [3.8, 4) is 11.5 Å². The van der Waals surface area contributed by atoms with Gasteiger partial charge in [0.2, 0.25) is 0 Å². The van der Waals surface area contributed by atoms with E-state index in [1.54, 1.807) is 32.4 Å². The van der Waals surface area contributed by atoms with Crippen molar-refractivity contribution in [3.05, 3.63) is 23.8 Å². The van der Waals surface area contributed by atoms with Gasteiger partial charge >= 0.3 is 0 Å². The molecule has 0 atom stereocenters. The predicted octanol–water partition coefficient (Wildman–Crippen LogP) is 1.74. The zero-order valence-electron chi connectivity index (χ0n) is 11.8. The van der Waals surface area contributed by atoms with E-state index >= 15 is 0 Å². The van der Waals surface area contributed by atoms with Gasteiger partial charge in [-0.15, -0.1) is 12.4 Å². The molecule has 112 valence electrons. The largest absolute Gasteiger partial charge is 0.493 e. The van der Waals surface area contributed by atoms with Crippen LogP contribution in [0, 0.1) is 0 Å². The zero-order valence-corrected chi connectivity index (χ0v) is 12.6. The highest BCUT2D eigenvalue weighted by Crippen LogP contribution is 2.29. The molecular formula is C14H21ClN2O3. The first-order chi connectivity index (χ1) is 9.08. The van der Waals surface area contributed by atoms with Crippen LogP contribution in [0.1, 0.15) is 29.6 Å². The van der Waals surface area contributed by atoms with Gasteiger partial charge in [0.15, 0.2) is 11.5 Å². The SMILES string of the molecule is COc1ccc(C(=O)NCC2(N)CCC2)cc1OC.Cl. The molecule has 3 N–H and O–H groups in total. The number of hydrogen-bond acceptors (Lipinski definition) is 4. The molecule has 0 aliphatic heterocycles. The first-order valence-electron chi connectivity index (χ1n) is 6.37. The Balaban J connectivity index is 0.00000200. The number of hydrogen-bond donors (Lipinski definition) is 2. The summed E-state index contributed by atoms with van der Waals surface area (Å²) in [6.45, 7) is 0.514. The van der Waals surface area contributed by atoms with Crippen LogP contribution in [0.3, 0.4) is 0 Å². The second-order valence-electron chi connectivity index (χ2n) is 4.97. The number of nitrogens with two attached hydrogens (primary N) is 1. The molecule has 1 saturated carbocycles. The van der Waals surface area contributed by atoms with Crippen LogP contribution in [-0.4, -0.2) is 32.2 Å². The Morgan fingerprint density at radius 2 is 1.95 bits per heavy atom. The lowest BCUT2D eigenvalue weighted by Gasteiger charge is -2.38. The fraction of sp³-hybridized carbons (Fsp3) is 0.500. The number of carbonyl (C=O) groups excluding carboxylic acids is 1. The Labute approximate surface area is 125 Å². The molecule has 1 fully saturated rings. The van der Waals surface area contributed by atoms with Gasteiger partial charge in [-0.3, -0.25) is 4.79 Å². The van der Waals surface area contributed by atoms with Gasteiger partial charge in [0.05, 0.1) is 14.2 Å². The van der Waals surface area contributed by atoms with Crippen molar-refractivity contribution in [1.29, 1.82) is 0 Å². The molecule has 0 radical (unpaired) electrons. The van der Waals surface area contributed by atoms with Crippen LogP contribution < -0.4 is 20.5 Å². The van der Waals surface area contributed by atoms with Gasteiger partial charge in [-0.1, -0.05) is 0 Å². The standard InChI is InChI=1S/C14H20N2O3.ClH/c1-18-11-5-4-10(8-12(11)19-2)13(17)16-9-14(15)6-3-7-14;/h4-5,8H,3,6-7,9,15H2,1-2H3,(H,16,17);1H. The minimum atomic E-state index is -0.216. The smallest absolute Gasteiger partial charge is 0.251 e. The molecule has 20 heavy (non-hydrogen) atoms. The summed E-state index contributed by atoms with van der Waals surface area (Å²) < 4.78 is 10.3. The van der Waals surface area contributed by atoms with Gasteiger partial charge in [-0.05, 0) is 37.5 Å². The first-order valence-corrected chi connectivity index (χ1v) is 6.37. The van der Waals surface area contributed by atoms with Crippen molar-refractivity contribution in [2.75, 3.05) is 20.8 Å². The quantitative estimate of drug-likeness (QED) is 0.868. The lowest BCUT2D eigenvalue weighted by Crippen LogP contribution is -2.54. The van der Waals surface area contributed by atoms with Crippen LogP contribution >= 0.6 is 12.4 Å². The summed E-state index contributed by atoms with van der Waals surface area (Å²) in [7, 11) is 3.11. The van der Waals surface area contributed by atoms with Crippen molar-refractivity contribution in [2.45, 2.75) is 24.8 Å². The Hall–Kier alpha value is -1.46. The van der Waals surface area contributed by atoms with E-state index in [4.69, 9.17) is 15.2 Å². The van der Waals surface area contributed by atoms with Gasteiger partial charge in [0.25, 0.3) is 5.91 Å². The highest BCUT2D eigenvalue weighted by atomic mass is 35.5. The summed E-state index contributed by atoms with van der Waals surface area (Å²) in [5.41, 5.74) is 6.40. The van der Waals surface area contributed by atoms with Gasteiger partial charge in [0, 0.05) is 17.6 Å². The fourth-order valence-corrected chi connectivity index (χ4v) is 2.14. The highest BCUT2D eigenvalue weighted by Gasteiger charge is 2.32. The van der Waals surface area contributed by atoms with Gasteiger partial charge in [-0.25, -0.2) is 0 Å². The fourth-order valence-electron chi connectivity index (χ4n) is 2.14. The Morgan fingerprint density at radius 1 is 1.30 bits per heavy atom. The molecule has 0 aromatic heterocycles. The number of nitrogens with one attached hydrogen (secondary N) is 1. The molecule has 1 amide bonds. The van der Waals surface area contributed by atoms with Crippen molar-refractivity contribution < 1.29 is 14.3 Å². The summed E-state index contributed by atoms with van der Waals surface area (Å²) in [4.78, 5) is 12.0. The van der Waals surface area contributed by atoms with E-state index in [2.05, 4.69) is 5.32 Å². The number of carbonyl (C=O) groups is 1. The van der Waals surface area contributed by atoms with E-state index < -0.39 is 0 Å². The summed E-state index contributed by atoms with van der Waals surface area (Å²) in [5.74, 6) is 1.01.